The zero-order valence-electron chi connectivity index (χ0n) is 10.1. The van der Waals surface area contributed by atoms with Gasteiger partial charge in [0.25, 0.3) is 0 Å². The molecule has 0 spiro atoms. The molecule has 2 unspecified atom stereocenters. The summed E-state index contributed by atoms with van der Waals surface area (Å²) in [6.45, 7) is 9.11. The number of hydrogen-bond acceptors (Lipinski definition) is 2. The van der Waals surface area contributed by atoms with Crippen LogP contribution in [0.3, 0.4) is 0 Å². The van der Waals surface area contributed by atoms with Gasteiger partial charge in [-0.05, 0) is 33.1 Å². The molecular formula is C11H24FNO. The number of halogens is 1. The molecule has 0 fully saturated rings. The van der Waals surface area contributed by atoms with E-state index in [0.29, 0.717) is 13.2 Å². The van der Waals surface area contributed by atoms with Crippen LogP contribution < -0.4 is 5.32 Å². The van der Waals surface area contributed by atoms with E-state index in [9.17, 15) is 4.39 Å². The summed E-state index contributed by atoms with van der Waals surface area (Å²) in [6, 6.07) is 0. The van der Waals surface area contributed by atoms with Crippen LogP contribution in [-0.4, -0.2) is 32.0 Å². The van der Waals surface area contributed by atoms with Gasteiger partial charge in [0.05, 0.1) is 0 Å². The Balaban J connectivity index is 3.67. The first-order valence-electron chi connectivity index (χ1n) is 5.25. The predicted molar refractivity (Wildman–Crippen MR) is 58.3 cm³/mol. The average Bonchev–Trinajstić information content (AvgIpc) is 2.09. The second kappa shape index (κ2) is 6.36. The van der Waals surface area contributed by atoms with Crippen LogP contribution in [0.4, 0.5) is 4.39 Å². The second-order valence-corrected chi connectivity index (χ2v) is 4.91. The topological polar surface area (TPSA) is 21.3 Å². The summed E-state index contributed by atoms with van der Waals surface area (Å²) in [7, 11) is 1.65. The third-order valence-corrected chi connectivity index (χ3v) is 2.22. The van der Waals surface area contributed by atoms with Gasteiger partial charge < -0.3 is 10.1 Å². The molecule has 0 saturated carbocycles. The van der Waals surface area contributed by atoms with Crippen molar-refractivity contribution in [3.8, 4) is 0 Å². The van der Waals surface area contributed by atoms with Gasteiger partial charge in [0.2, 0.25) is 0 Å². The first kappa shape index (κ1) is 13.8. The van der Waals surface area contributed by atoms with Crippen LogP contribution >= 0.6 is 0 Å². The molecule has 0 saturated heterocycles. The monoisotopic (exact) mass is 205 g/mol. The Hall–Kier alpha value is -0.150. The van der Waals surface area contributed by atoms with Gasteiger partial charge >= 0.3 is 0 Å². The number of methoxy groups -OCH3 is 1. The molecule has 2 atom stereocenters. The lowest BCUT2D eigenvalue weighted by molar-refractivity contribution is 0.143. The maximum absolute atomic E-state index is 13.5. The van der Waals surface area contributed by atoms with Crippen LogP contribution in [0.15, 0.2) is 0 Å². The van der Waals surface area contributed by atoms with Crippen LogP contribution in [0, 0.1) is 5.92 Å². The van der Waals surface area contributed by atoms with Crippen LogP contribution in [0.2, 0.25) is 0 Å². The number of hydrogen-bond donors (Lipinski definition) is 1. The number of rotatable bonds is 6. The summed E-state index contributed by atoms with van der Waals surface area (Å²) >= 11 is 0. The smallest absolute Gasteiger partial charge is 0.115 e. The van der Waals surface area contributed by atoms with Crippen LogP contribution in [0.1, 0.15) is 34.1 Å². The summed E-state index contributed by atoms with van der Waals surface area (Å²) in [6.07, 6.45) is -0.00638. The lowest BCUT2D eigenvalue weighted by atomic mass is 10.0. The van der Waals surface area contributed by atoms with Crippen molar-refractivity contribution in [3.05, 3.63) is 0 Å². The summed E-state index contributed by atoms with van der Waals surface area (Å²) in [4.78, 5) is 0. The van der Waals surface area contributed by atoms with Crippen molar-refractivity contribution in [1.82, 2.24) is 5.32 Å². The number of ether oxygens (including phenoxy) is 1. The van der Waals surface area contributed by atoms with E-state index in [1.165, 1.54) is 0 Å². The zero-order chi connectivity index (χ0) is 11.2. The minimum absolute atomic E-state index is 0.00861. The zero-order valence-corrected chi connectivity index (χ0v) is 10.1. The van der Waals surface area contributed by atoms with Gasteiger partial charge in [-0.2, -0.15) is 0 Å². The lowest BCUT2D eigenvalue weighted by Gasteiger charge is -2.24. The molecule has 0 bridgehead atoms. The Bertz CT molecular complexity index is 145. The van der Waals surface area contributed by atoms with Crippen molar-refractivity contribution in [2.75, 3.05) is 20.3 Å². The quantitative estimate of drug-likeness (QED) is 0.719. The highest BCUT2D eigenvalue weighted by atomic mass is 19.1. The van der Waals surface area contributed by atoms with Gasteiger partial charge in [-0.15, -0.1) is 0 Å². The molecule has 0 aliphatic carbocycles. The molecule has 1 N–H and O–H groups in total. The molecule has 0 heterocycles. The fourth-order valence-electron chi connectivity index (χ4n) is 1.09. The molecule has 2 nitrogen and oxygen atoms in total. The van der Waals surface area contributed by atoms with E-state index in [-0.39, 0.29) is 11.5 Å². The maximum Gasteiger partial charge on any atom is 0.115 e. The molecular weight excluding hydrogens is 181 g/mol. The van der Waals surface area contributed by atoms with Crippen LogP contribution in [0.5, 0.6) is 0 Å². The highest BCUT2D eigenvalue weighted by molar-refractivity contribution is 4.75. The summed E-state index contributed by atoms with van der Waals surface area (Å²) < 4.78 is 18.5. The van der Waals surface area contributed by atoms with E-state index in [1.807, 2.05) is 27.7 Å². The molecule has 0 aromatic heterocycles. The summed E-state index contributed by atoms with van der Waals surface area (Å²) in [5.41, 5.74) is -0.00861. The molecule has 0 aliphatic rings. The minimum Gasteiger partial charge on any atom is -0.385 e. The van der Waals surface area contributed by atoms with Crippen molar-refractivity contribution < 1.29 is 9.13 Å². The van der Waals surface area contributed by atoms with Crippen molar-refractivity contribution in [3.63, 3.8) is 0 Å². The first-order chi connectivity index (χ1) is 6.37. The Morgan fingerprint density at radius 2 is 1.93 bits per heavy atom. The van der Waals surface area contributed by atoms with Crippen molar-refractivity contribution in [1.29, 1.82) is 0 Å². The first-order valence-corrected chi connectivity index (χ1v) is 5.25. The SMILES string of the molecule is COCCC(C)C(F)CNC(C)(C)C. The highest BCUT2D eigenvalue weighted by Gasteiger charge is 2.18. The van der Waals surface area contributed by atoms with Crippen LogP contribution in [0.25, 0.3) is 0 Å². The van der Waals surface area contributed by atoms with Crippen molar-refractivity contribution >= 4 is 0 Å². The van der Waals surface area contributed by atoms with Crippen LogP contribution in [-0.2, 0) is 4.74 Å². The van der Waals surface area contributed by atoms with Gasteiger partial charge in [-0.25, -0.2) is 4.39 Å². The van der Waals surface area contributed by atoms with E-state index in [1.54, 1.807) is 7.11 Å². The molecule has 0 radical (unpaired) electrons. The third kappa shape index (κ3) is 7.27. The van der Waals surface area contributed by atoms with Gasteiger partial charge in [0.1, 0.15) is 6.17 Å². The summed E-state index contributed by atoms with van der Waals surface area (Å²) in [5.74, 6) is 0.0600. The Morgan fingerprint density at radius 1 is 1.36 bits per heavy atom. The van der Waals surface area contributed by atoms with Crippen molar-refractivity contribution in [2.24, 2.45) is 5.92 Å². The van der Waals surface area contributed by atoms with E-state index >= 15 is 0 Å². The number of alkyl halides is 1. The van der Waals surface area contributed by atoms with Gasteiger partial charge in [-0.1, -0.05) is 6.92 Å². The molecule has 0 aromatic carbocycles. The predicted octanol–water partition coefficient (Wildman–Crippen LogP) is 2.39. The molecule has 14 heavy (non-hydrogen) atoms. The fraction of sp³-hybridized carbons (Fsp3) is 1.00. The summed E-state index contributed by atoms with van der Waals surface area (Å²) in [5, 5.41) is 3.16. The third-order valence-electron chi connectivity index (χ3n) is 2.22. The standard InChI is InChI=1S/C11H24FNO/c1-9(6-7-14-5)10(12)8-13-11(2,3)4/h9-10,13H,6-8H2,1-5H3. The largest absolute Gasteiger partial charge is 0.385 e. The van der Waals surface area contributed by atoms with E-state index in [4.69, 9.17) is 4.74 Å². The molecule has 0 aromatic rings. The van der Waals surface area contributed by atoms with Gasteiger partial charge in [0, 0.05) is 25.8 Å². The van der Waals surface area contributed by atoms with Gasteiger partial charge in [0.15, 0.2) is 0 Å². The van der Waals surface area contributed by atoms with E-state index < -0.39 is 6.17 Å². The molecule has 0 rings (SSSR count). The lowest BCUT2D eigenvalue weighted by Crippen LogP contribution is -2.41. The van der Waals surface area contributed by atoms with Crippen molar-refractivity contribution in [2.45, 2.75) is 45.8 Å². The Kier molecular flexibility index (Phi) is 6.29. The normalized spacial score (nSPS) is 16.7. The molecule has 86 valence electrons. The minimum atomic E-state index is -0.788. The van der Waals surface area contributed by atoms with E-state index in [2.05, 4.69) is 5.32 Å². The Morgan fingerprint density at radius 3 is 2.36 bits per heavy atom. The Labute approximate surface area is 87.2 Å². The second-order valence-electron chi connectivity index (χ2n) is 4.91. The molecule has 0 amide bonds. The average molecular weight is 205 g/mol. The number of nitrogens with one attached hydrogen (secondary N) is 1. The molecule has 3 heteroatoms. The van der Waals surface area contributed by atoms with E-state index in [0.717, 1.165) is 6.42 Å². The maximum atomic E-state index is 13.5. The molecule has 0 aliphatic heterocycles. The van der Waals surface area contributed by atoms with Gasteiger partial charge in [-0.3, -0.25) is 0 Å². The fourth-order valence-corrected chi connectivity index (χ4v) is 1.09. The highest BCUT2D eigenvalue weighted by Crippen LogP contribution is 2.12.